The van der Waals surface area contributed by atoms with Gasteiger partial charge in [-0.05, 0) is 0 Å². The maximum absolute atomic E-state index is 3.34. The quantitative estimate of drug-likeness (QED) is 0.577. The number of hydrogen-bond donors (Lipinski definition) is 0. The summed E-state index contributed by atoms with van der Waals surface area (Å²) in [5.74, 6) is 0. The van der Waals surface area contributed by atoms with Crippen molar-refractivity contribution >= 4 is 46.4 Å². The van der Waals surface area contributed by atoms with Crippen molar-refractivity contribution in [2.75, 3.05) is 0 Å². The first kappa shape index (κ1) is 11.4. The molecule has 0 amide bonds. The van der Waals surface area contributed by atoms with Gasteiger partial charge in [0, 0.05) is 0 Å². The Morgan fingerprint density at radius 1 is 0.733 bits per heavy atom. The molecule has 0 heterocycles. The maximum atomic E-state index is 3.34. The van der Waals surface area contributed by atoms with Gasteiger partial charge >= 0.3 is 107 Å². The van der Waals surface area contributed by atoms with Crippen molar-refractivity contribution in [3.63, 3.8) is 0 Å². The van der Waals surface area contributed by atoms with E-state index in [1.165, 1.54) is 10.6 Å². The van der Waals surface area contributed by atoms with Gasteiger partial charge in [-0.2, -0.15) is 0 Å². The van der Waals surface area contributed by atoms with E-state index in [-0.39, 0.29) is 0 Å². The van der Waals surface area contributed by atoms with Gasteiger partial charge in [-0.1, -0.05) is 0 Å². The molecule has 3 heteroatoms. The van der Waals surface area contributed by atoms with E-state index < -0.39 is 4.64 Å². The summed E-state index contributed by atoms with van der Waals surface area (Å²) < 4.78 is -1.40. The summed E-state index contributed by atoms with van der Waals surface area (Å²) in [5, 5.41) is 2.72. The summed E-state index contributed by atoms with van der Waals surface area (Å²) >= 11 is 6.68. The Kier molecular flexibility index (Phi) is 3.67. The normalized spacial score (nSPS) is 11.3. The third-order valence-corrected chi connectivity index (χ3v) is 9.46. The Balaban J connectivity index is 2.44. The molecule has 0 nitrogen and oxygen atoms in total. The molecule has 0 saturated heterocycles. The summed E-state index contributed by atoms with van der Waals surface area (Å²) in [6.07, 6.45) is 0. The molecule has 0 fully saturated rings. The van der Waals surface area contributed by atoms with E-state index in [9.17, 15) is 0 Å². The van der Waals surface area contributed by atoms with Crippen LogP contribution in [0.3, 0.4) is 0 Å². The number of hydrogen-bond acceptors (Lipinski definition) is 0. The van der Waals surface area contributed by atoms with Crippen LogP contribution in [0, 0.1) is 0 Å². The van der Waals surface area contributed by atoms with Crippen molar-refractivity contribution in [2.45, 2.75) is 0 Å². The van der Waals surface area contributed by atoms with E-state index in [2.05, 4.69) is 91.8 Å². The fraction of sp³-hybridized carbons (Fsp3) is 0. The molecule has 0 saturated carbocycles. The Labute approximate surface area is 107 Å². The summed E-state index contributed by atoms with van der Waals surface area (Å²) in [5.41, 5.74) is 0. The first-order valence-electron chi connectivity index (χ1n) is 4.63. The Morgan fingerprint density at radius 3 is 1.40 bits per heavy atom. The van der Waals surface area contributed by atoms with E-state index >= 15 is 0 Å². The second-order valence-corrected chi connectivity index (χ2v) is 15.8. The van der Waals surface area contributed by atoms with E-state index in [1.807, 2.05) is 0 Å². The van der Waals surface area contributed by atoms with Gasteiger partial charge in [0.15, 0.2) is 0 Å². The summed E-state index contributed by atoms with van der Waals surface area (Å²) in [7, 11) is 0. The van der Waals surface area contributed by atoms with Crippen molar-refractivity contribution in [1.82, 2.24) is 0 Å². The standard InChI is InChI=1S/C12H10PSe2/c14-13(15,11-7-3-1-4-8-11)12-9-5-2-6-10-12/h1-10H. The zero-order valence-corrected chi connectivity index (χ0v) is 12.4. The second-order valence-electron chi connectivity index (χ2n) is 3.22. The average molecular weight is 343 g/mol. The fourth-order valence-corrected chi connectivity index (χ4v) is 5.89. The van der Waals surface area contributed by atoms with E-state index in [0.29, 0.717) is 0 Å². The first-order chi connectivity index (χ1) is 7.21. The number of rotatable bonds is 2. The van der Waals surface area contributed by atoms with Crippen LogP contribution in [0.4, 0.5) is 0 Å². The van der Waals surface area contributed by atoms with E-state index in [1.54, 1.807) is 0 Å². The minimum atomic E-state index is -1.40. The van der Waals surface area contributed by atoms with Crippen molar-refractivity contribution < 1.29 is 0 Å². The average Bonchev–Trinajstić information content (AvgIpc) is 2.31. The van der Waals surface area contributed by atoms with Crippen molar-refractivity contribution in [3.8, 4) is 0 Å². The molecular weight excluding hydrogens is 333 g/mol. The Hall–Kier alpha value is -0.0910. The van der Waals surface area contributed by atoms with Gasteiger partial charge in [0.25, 0.3) is 0 Å². The summed E-state index contributed by atoms with van der Waals surface area (Å²) in [6.45, 7) is 0. The number of benzene rings is 2. The Bertz CT molecular complexity index is 384. The van der Waals surface area contributed by atoms with Gasteiger partial charge in [-0.15, -0.1) is 0 Å². The third-order valence-electron chi connectivity index (χ3n) is 2.19. The molecule has 2 rings (SSSR count). The van der Waals surface area contributed by atoms with Crippen molar-refractivity contribution in [1.29, 1.82) is 0 Å². The third kappa shape index (κ3) is 2.53. The van der Waals surface area contributed by atoms with Crippen LogP contribution in [0.1, 0.15) is 0 Å². The molecule has 0 aliphatic heterocycles. The van der Waals surface area contributed by atoms with Crippen LogP contribution in [0.15, 0.2) is 60.7 Å². The van der Waals surface area contributed by atoms with Gasteiger partial charge in [0.1, 0.15) is 0 Å². The molecule has 0 bridgehead atoms. The van der Waals surface area contributed by atoms with Crippen LogP contribution < -0.4 is 10.6 Å². The zero-order chi connectivity index (χ0) is 10.7. The molecular formula is C12H10PSe2. The monoisotopic (exact) mass is 345 g/mol. The predicted octanol–water partition coefficient (Wildman–Crippen LogP) is 1.82. The molecule has 2 aromatic rings. The summed E-state index contributed by atoms with van der Waals surface area (Å²) in [6, 6.07) is 21.1. The van der Waals surface area contributed by atoms with Crippen LogP contribution in [0.5, 0.6) is 0 Å². The SMILES string of the molecule is [Se][P+]([Se-])(c1ccccc1)c1ccccc1. The molecule has 0 aliphatic rings. The molecule has 2 aromatic carbocycles. The van der Waals surface area contributed by atoms with Gasteiger partial charge in [0.05, 0.1) is 0 Å². The van der Waals surface area contributed by atoms with Gasteiger partial charge in [-0.3, -0.25) is 0 Å². The van der Waals surface area contributed by atoms with Crippen molar-refractivity contribution in [3.05, 3.63) is 60.7 Å². The Morgan fingerprint density at radius 2 is 1.07 bits per heavy atom. The molecule has 0 aliphatic carbocycles. The first-order valence-corrected chi connectivity index (χ1v) is 10.9. The fourth-order valence-electron chi connectivity index (χ4n) is 1.40. The molecule has 15 heavy (non-hydrogen) atoms. The van der Waals surface area contributed by atoms with Gasteiger partial charge < -0.3 is 0 Å². The molecule has 0 spiro atoms. The second kappa shape index (κ2) is 4.83. The molecule has 0 unspecified atom stereocenters. The van der Waals surface area contributed by atoms with Gasteiger partial charge in [0.2, 0.25) is 0 Å². The molecule has 75 valence electrons. The van der Waals surface area contributed by atoms with Crippen LogP contribution in [0.25, 0.3) is 0 Å². The van der Waals surface area contributed by atoms with Crippen LogP contribution in [-0.2, 0) is 0 Å². The van der Waals surface area contributed by atoms with Gasteiger partial charge in [-0.25, -0.2) is 0 Å². The molecule has 0 N–H and O–H groups in total. The van der Waals surface area contributed by atoms with Crippen LogP contribution >= 0.6 is 4.64 Å². The van der Waals surface area contributed by atoms with Crippen LogP contribution in [0.2, 0.25) is 0 Å². The molecule has 0 aromatic heterocycles. The zero-order valence-electron chi connectivity index (χ0n) is 8.04. The topological polar surface area (TPSA) is 0 Å². The minimum absolute atomic E-state index is 1.36. The molecule has 1 radical (unpaired) electrons. The predicted molar refractivity (Wildman–Crippen MR) is 70.6 cm³/mol. The molecule has 0 atom stereocenters. The summed E-state index contributed by atoms with van der Waals surface area (Å²) in [4.78, 5) is 0. The van der Waals surface area contributed by atoms with Crippen LogP contribution in [-0.4, -0.2) is 31.1 Å². The van der Waals surface area contributed by atoms with E-state index in [4.69, 9.17) is 0 Å². The van der Waals surface area contributed by atoms with Crippen molar-refractivity contribution in [2.24, 2.45) is 0 Å². The van der Waals surface area contributed by atoms with E-state index in [0.717, 1.165) is 0 Å².